The number of carbonyl (C=O) groups is 5. The number of carboxylic acid groups (broad SMARTS) is 2. The van der Waals surface area contributed by atoms with E-state index in [1.165, 1.54) is 18.2 Å². The lowest BCUT2D eigenvalue weighted by Crippen LogP contribution is -2.21. The third-order valence-electron chi connectivity index (χ3n) is 5.01. The zero-order valence-corrected chi connectivity index (χ0v) is 20.4. The van der Waals surface area contributed by atoms with E-state index in [4.69, 9.17) is 9.47 Å². The summed E-state index contributed by atoms with van der Waals surface area (Å²) in [7, 11) is 7.12. The minimum atomic E-state index is -1.43. The number of carboxylic acids is 2. The van der Waals surface area contributed by atoms with Crippen molar-refractivity contribution in [2.24, 2.45) is 0 Å². The summed E-state index contributed by atoms with van der Waals surface area (Å²) in [6.07, 6.45) is 0. The summed E-state index contributed by atoms with van der Waals surface area (Å²) in [5, 5.41) is 19.0. The van der Waals surface area contributed by atoms with Crippen LogP contribution in [0.1, 0.15) is 57.4 Å². The van der Waals surface area contributed by atoms with Gasteiger partial charge in [0.15, 0.2) is 5.78 Å². The fourth-order valence-corrected chi connectivity index (χ4v) is 3.05. The molecule has 0 heterocycles. The molecule has 0 saturated carbocycles. The lowest BCUT2D eigenvalue weighted by atomic mass is 9.95. The van der Waals surface area contributed by atoms with Gasteiger partial charge in [-0.1, -0.05) is 12.1 Å². The molecule has 192 valence electrons. The number of ether oxygens (including phenoxy) is 2. The van der Waals surface area contributed by atoms with Crippen LogP contribution >= 0.6 is 0 Å². The maximum atomic E-state index is 13.1. The van der Waals surface area contributed by atoms with Gasteiger partial charge in [-0.25, -0.2) is 19.2 Å². The Morgan fingerprint density at radius 1 is 0.639 bits per heavy atom. The Morgan fingerprint density at radius 3 is 1.50 bits per heavy atom. The maximum Gasteiger partial charge on any atom is 0.339 e. The highest BCUT2D eigenvalue weighted by molar-refractivity contribution is 6.13. The quantitative estimate of drug-likeness (QED) is 0.324. The third kappa shape index (κ3) is 7.45. The Balaban J connectivity index is 2.37. The van der Waals surface area contributed by atoms with E-state index in [1.54, 1.807) is 38.0 Å². The predicted molar refractivity (Wildman–Crippen MR) is 128 cm³/mol. The predicted octanol–water partition coefficient (Wildman–Crippen LogP) is 1.75. The van der Waals surface area contributed by atoms with Gasteiger partial charge < -0.3 is 29.5 Å². The molecule has 0 aromatic heterocycles. The zero-order chi connectivity index (χ0) is 27.0. The molecule has 0 bridgehead atoms. The molecule has 11 heteroatoms. The minimum Gasteiger partial charge on any atom is -0.478 e. The third-order valence-corrected chi connectivity index (χ3v) is 5.01. The summed E-state index contributed by atoms with van der Waals surface area (Å²) in [4.78, 5) is 64.9. The molecule has 0 aliphatic rings. The second-order valence-corrected chi connectivity index (χ2v) is 8.34. The number of rotatable bonds is 12. The summed E-state index contributed by atoms with van der Waals surface area (Å²) in [5.41, 5.74) is -1.44. The summed E-state index contributed by atoms with van der Waals surface area (Å²) >= 11 is 0. The molecule has 0 radical (unpaired) electrons. The molecule has 0 atom stereocenters. The number of ketones is 1. The largest absolute Gasteiger partial charge is 0.478 e. The van der Waals surface area contributed by atoms with Gasteiger partial charge in [-0.2, -0.15) is 0 Å². The van der Waals surface area contributed by atoms with Gasteiger partial charge in [0, 0.05) is 24.2 Å². The molecule has 2 N–H and O–H groups in total. The minimum absolute atomic E-state index is 0.0111. The van der Waals surface area contributed by atoms with E-state index >= 15 is 0 Å². The number of nitrogens with zero attached hydrogens (tertiary/aromatic N) is 2. The fourth-order valence-electron chi connectivity index (χ4n) is 3.05. The van der Waals surface area contributed by atoms with Crippen LogP contribution < -0.4 is 0 Å². The highest BCUT2D eigenvalue weighted by Crippen LogP contribution is 2.20. The molecular weight excluding hydrogens is 472 g/mol. The molecular formula is C25H28N2O9. The molecule has 2 aromatic carbocycles. The van der Waals surface area contributed by atoms with Crippen molar-refractivity contribution in [1.29, 1.82) is 0 Å². The molecule has 2 aromatic rings. The van der Waals surface area contributed by atoms with Crippen LogP contribution in [0.2, 0.25) is 0 Å². The second kappa shape index (κ2) is 12.6. The topological polar surface area (TPSA) is 151 Å². The van der Waals surface area contributed by atoms with E-state index < -0.39 is 35.2 Å². The van der Waals surface area contributed by atoms with Crippen LogP contribution in [0.3, 0.4) is 0 Å². The molecule has 36 heavy (non-hydrogen) atoms. The van der Waals surface area contributed by atoms with E-state index in [9.17, 15) is 34.2 Å². The first-order chi connectivity index (χ1) is 16.9. The number of benzene rings is 2. The Labute approximate surface area is 207 Å². The summed E-state index contributed by atoms with van der Waals surface area (Å²) in [6, 6.07) is 6.88. The molecule has 2 rings (SSSR count). The molecule has 11 nitrogen and oxygen atoms in total. The molecule has 0 amide bonds. The lowest BCUT2D eigenvalue weighted by Gasteiger charge is -2.13. The first-order valence-electron chi connectivity index (χ1n) is 10.9. The van der Waals surface area contributed by atoms with Crippen molar-refractivity contribution < 1.29 is 43.7 Å². The van der Waals surface area contributed by atoms with Crippen molar-refractivity contribution in [1.82, 2.24) is 9.80 Å². The van der Waals surface area contributed by atoms with Crippen molar-refractivity contribution >= 4 is 29.7 Å². The first-order valence-corrected chi connectivity index (χ1v) is 10.9. The second-order valence-electron chi connectivity index (χ2n) is 8.34. The lowest BCUT2D eigenvalue weighted by molar-refractivity contribution is 0.0466. The van der Waals surface area contributed by atoms with Crippen molar-refractivity contribution in [2.45, 2.75) is 0 Å². The van der Waals surface area contributed by atoms with Crippen LogP contribution in [0.5, 0.6) is 0 Å². The number of esters is 2. The van der Waals surface area contributed by atoms with Gasteiger partial charge in [0.2, 0.25) is 0 Å². The summed E-state index contributed by atoms with van der Waals surface area (Å²) in [6.45, 7) is 0.914. The van der Waals surface area contributed by atoms with Gasteiger partial charge in [0.1, 0.15) is 13.2 Å². The number of hydrogen-bond donors (Lipinski definition) is 2. The van der Waals surface area contributed by atoms with Gasteiger partial charge in [-0.05, 0) is 52.5 Å². The molecule has 0 saturated heterocycles. The number of likely N-dealkylation sites (N-methyl/N-ethyl adjacent to an activating group) is 2. The normalized spacial score (nSPS) is 10.8. The highest BCUT2D eigenvalue weighted by Gasteiger charge is 2.24. The number of carbonyl (C=O) groups excluding carboxylic acids is 3. The summed E-state index contributed by atoms with van der Waals surface area (Å²) in [5.74, 6) is -5.24. The van der Waals surface area contributed by atoms with E-state index in [0.29, 0.717) is 13.1 Å². The van der Waals surface area contributed by atoms with E-state index in [0.717, 1.165) is 18.2 Å². The number of hydrogen-bond acceptors (Lipinski definition) is 9. The van der Waals surface area contributed by atoms with Crippen LogP contribution in [0, 0.1) is 0 Å². The SMILES string of the molecule is CN(C)CCOC(=O)c1ccc(C(=O)c2ccc(C(=O)O)c(C(=O)OCCN(C)C)c2)cc1C(=O)O. The smallest absolute Gasteiger partial charge is 0.339 e. The monoisotopic (exact) mass is 500 g/mol. The van der Waals surface area contributed by atoms with Crippen LogP contribution in [-0.4, -0.2) is 104 Å². The van der Waals surface area contributed by atoms with E-state index in [-0.39, 0.29) is 41.0 Å². The van der Waals surface area contributed by atoms with Gasteiger partial charge in [0.05, 0.1) is 22.3 Å². The van der Waals surface area contributed by atoms with Crippen molar-refractivity contribution in [3.05, 3.63) is 69.8 Å². The van der Waals surface area contributed by atoms with Crippen LogP contribution in [0.15, 0.2) is 36.4 Å². The van der Waals surface area contributed by atoms with Crippen LogP contribution in [0.25, 0.3) is 0 Å². The number of aromatic carboxylic acids is 2. The van der Waals surface area contributed by atoms with Crippen LogP contribution in [0.4, 0.5) is 0 Å². The summed E-state index contributed by atoms with van der Waals surface area (Å²) < 4.78 is 10.2. The van der Waals surface area contributed by atoms with Gasteiger partial charge in [0.25, 0.3) is 0 Å². The van der Waals surface area contributed by atoms with E-state index in [1.807, 2.05) is 0 Å². The van der Waals surface area contributed by atoms with Crippen molar-refractivity contribution in [3.8, 4) is 0 Å². The van der Waals surface area contributed by atoms with E-state index in [2.05, 4.69) is 0 Å². The van der Waals surface area contributed by atoms with Crippen molar-refractivity contribution in [2.75, 3.05) is 54.5 Å². The van der Waals surface area contributed by atoms with Crippen LogP contribution in [-0.2, 0) is 9.47 Å². The zero-order valence-electron chi connectivity index (χ0n) is 20.4. The molecule has 0 aliphatic carbocycles. The highest BCUT2D eigenvalue weighted by atomic mass is 16.5. The molecule has 0 aliphatic heterocycles. The average Bonchev–Trinajstić information content (AvgIpc) is 2.82. The molecule has 0 spiro atoms. The first kappa shape index (κ1) is 28.1. The fraction of sp³-hybridized carbons (Fsp3) is 0.320. The molecule has 0 fully saturated rings. The molecule has 0 unspecified atom stereocenters. The standard InChI is InChI=1S/C25H28N2O9/c1-26(2)9-11-35-24(33)18-8-6-15(13-19(18)23(31)32)21(28)16-5-7-17(22(29)30)20(14-16)25(34)36-12-10-27(3)4/h5-8,13-14H,9-12H2,1-4H3,(H,29,30)(H,31,32). The average molecular weight is 501 g/mol. The Hall–Kier alpha value is -4.09. The maximum absolute atomic E-state index is 13.1. The van der Waals surface area contributed by atoms with Gasteiger partial charge in [-0.15, -0.1) is 0 Å². The van der Waals surface area contributed by atoms with Gasteiger partial charge >= 0.3 is 23.9 Å². The van der Waals surface area contributed by atoms with Crippen molar-refractivity contribution in [3.63, 3.8) is 0 Å². The van der Waals surface area contributed by atoms with Gasteiger partial charge in [-0.3, -0.25) is 4.79 Å². The Bertz CT molecular complexity index is 1170. The Kier molecular flexibility index (Phi) is 9.83. The Morgan fingerprint density at radius 2 is 1.06 bits per heavy atom.